The molecule has 0 aliphatic carbocycles. The first-order chi connectivity index (χ1) is 21.8. The van der Waals surface area contributed by atoms with E-state index >= 15 is 0 Å². The fourth-order valence-corrected chi connectivity index (χ4v) is 5.55. The minimum atomic E-state index is -1.25. The van der Waals surface area contributed by atoms with Crippen molar-refractivity contribution in [3.63, 3.8) is 0 Å². The maximum Gasteiger partial charge on any atom is 0.335 e. The fraction of sp³-hybridized carbons (Fsp3) is 0.286. The van der Waals surface area contributed by atoms with E-state index in [-0.39, 0.29) is 43.1 Å². The molecule has 11 heteroatoms. The number of hydrogen-bond donors (Lipinski definition) is 5. The zero-order chi connectivity index (χ0) is 33.5. The van der Waals surface area contributed by atoms with E-state index in [1.54, 1.807) is 36.4 Å². The third-order valence-corrected chi connectivity index (χ3v) is 7.63. The summed E-state index contributed by atoms with van der Waals surface area (Å²) in [5, 5.41) is 41.9. The van der Waals surface area contributed by atoms with Gasteiger partial charge >= 0.3 is 11.9 Å². The van der Waals surface area contributed by atoms with E-state index in [0.29, 0.717) is 33.5 Å². The van der Waals surface area contributed by atoms with Crippen LogP contribution in [0, 0.1) is 11.6 Å². The minimum absolute atomic E-state index is 0.0757. The number of carbonyl (C=O) groups is 3. The molecule has 5 N–H and O–H groups in total. The Balaban J connectivity index is 1.84. The van der Waals surface area contributed by atoms with E-state index in [2.05, 4.69) is 5.32 Å². The molecule has 4 aromatic rings. The SMILES string of the molecule is CC(C)n1c(CCC(O)CC(O)CC(=O)O)c(-c2ccc(F)cc2)c(-c2ccc(F)cc2)c1C(=O)NCc1ccc(C(=O)O)cc1. The van der Waals surface area contributed by atoms with Gasteiger partial charge in [-0.2, -0.15) is 0 Å². The lowest BCUT2D eigenvalue weighted by Crippen LogP contribution is -2.27. The third-order valence-electron chi connectivity index (χ3n) is 7.63. The van der Waals surface area contributed by atoms with Crippen LogP contribution in [0.3, 0.4) is 0 Å². The summed E-state index contributed by atoms with van der Waals surface area (Å²) in [6.07, 6.45) is -2.68. The molecule has 3 aromatic carbocycles. The van der Waals surface area contributed by atoms with Crippen LogP contribution in [0.2, 0.25) is 0 Å². The lowest BCUT2D eigenvalue weighted by atomic mass is 9.92. The van der Waals surface area contributed by atoms with Gasteiger partial charge in [-0.1, -0.05) is 36.4 Å². The topological polar surface area (TPSA) is 149 Å². The second-order valence-electron chi connectivity index (χ2n) is 11.4. The summed E-state index contributed by atoms with van der Waals surface area (Å²) in [7, 11) is 0. The van der Waals surface area contributed by atoms with Crippen LogP contribution >= 0.6 is 0 Å². The van der Waals surface area contributed by atoms with Crippen LogP contribution in [0.5, 0.6) is 0 Å². The van der Waals surface area contributed by atoms with Crippen LogP contribution in [0.1, 0.15) is 71.3 Å². The molecule has 1 aromatic heterocycles. The van der Waals surface area contributed by atoms with Crippen LogP contribution in [0.15, 0.2) is 72.8 Å². The van der Waals surface area contributed by atoms with Crippen LogP contribution in [0.4, 0.5) is 8.78 Å². The summed E-state index contributed by atoms with van der Waals surface area (Å²) >= 11 is 0. The first-order valence-electron chi connectivity index (χ1n) is 14.8. The highest BCUT2D eigenvalue weighted by atomic mass is 19.1. The largest absolute Gasteiger partial charge is 0.481 e. The number of carboxylic acids is 2. The second kappa shape index (κ2) is 14.9. The van der Waals surface area contributed by atoms with Gasteiger partial charge in [-0.05, 0) is 86.2 Å². The molecule has 0 saturated heterocycles. The molecule has 1 amide bonds. The van der Waals surface area contributed by atoms with Crippen LogP contribution in [0.25, 0.3) is 22.3 Å². The number of hydrogen-bond acceptors (Lipinski definition) is 5. The maximum atomic E-state index is 14.1. The average Bonchev–Trinajstić information content (AvgIpc) is 3.34. The average molecular weight is 635 g/mol. The van der Waals surface area contributed by atoms with E-state index in [9.17, 15) is 38.5 Å². The summed E-state index contributed by atoms with van der Waals surface area (Å²) in [6.45, 7) is 3.83. The molecule has 0 spiro atoms. The Bertz CT molecular complexity index is 1680. The van der Waals surface area contributed by atoms with Crippen molar-refractivity contribution >= 4 is 17.8 Å². The molecule has 4 rings (SSSR count). The summed E-state index contributed by atoms with van der Waals surface area (Å²) < 4.78 is 30.0. The first kappa shape index (κ1) is 34.0. The van der Waals surface area contributed by atoms with Gasteiger partial charge in [-0.3, -0.25) is 9.59 Å². The molecule has 2 unspecified atom stereocenters. The number of rotatable bonds is 14. The number of carboxylic acid groups (broad SMARTS) is 2. The van der Waals surface area contributed by atoms with Crippen molar-refractivity contribution in [1.29, 1.82) is 0 Å². The van der Waals surface area contributed by atoms with Crippen LogP contribution < -0.4 is 5.32 Å². The number of nitrogens with one attached hydrogen (secondary N) is 1. The van der Waals surface area contributed by atoms with Crippen LogP contribution in [-0.4, -0.2) is 55.0 Å². The van der Waals surface area contributed by atoms with Crippen LogP contribution in [-0.2, 0) is 17.8 Å². The number of nitrogens with zero attached hydrogens (tertiary/aromatic N) is 1. The van der Waals surface area contributed by atoms with Crippen molar-refractivity contribution in [1.82, 2.24) is 9.88 Å². The highest BCUT2D eigenvalue weighted by Gasteiger charge is 2.30. The first-order valence-corrected chi connectivity index (χ1v) is 14.8. The molecular formula is C35H36F2N2O7. The third kappa shape index (κ3) is 8.23. The van der Waals surface area contributed by atoms with Gasteiger partial charge in [-0.15, -0.1) is 0 Å². The van der Waals surface area contributed by atoms with E-state index in [4.69, 9.17) is 5.11 Å². The van der Waals surface area contributed by atoms with Gasteiger partial charge in [0.25, 0.3) is 5.91 Å². The number of aliphatic carboxylic acids is 1. The lowest BCUT2D eigenvalue weighted by Gasteiger charge is -2.20. The van der Waals surface area contributed by atoms with E-state index in [0.717, 1.165) is 0 Å². The standard InChI is InChI=1S/C35H36F2N2O7/c1-20(2)39-29(16-15-27(40)17-28(41)18-30(42)43)31(22-7-11-25(36)12-8-22)32(23-9-13-26(37)14-10-23)33(39)34(44)38-19-21-3-5-24(6-4-21)35(45)46/h3-14,20,27-28,40-41H,15-19H2,1-2H3,(H,38,44)(H,42,43)(H,45,46). The van der Waals surface area contributed by atoms with Crippen molar-refractivity contribution in [2.24, 2.45) is 0 Å². The van der Waals surface area contributed by atoms with Gasteiger partial charge in [0.05, 0.1) is 24.2 Å². The Kier molecular flexibility index (Phi) is 11.0. The molecule has 0 saturated carbocycles. The lowest BCUT2D eigenvalue weighted by molar-refractivity contribution is -0.139. The molecule has 0 aliphatic rings. The zero-order valence-electron chi connectivity index (χ0n) is 25.4. The van der Waals surface area contributed by atoms with Crippen molar-refractivity contribution in [3.8, 4) is 22.3 Å². The Morgan fingerprint density at radius 1 is 0.783 bits per heavy atom. The summed E-state index contributed by atoms with van der Waals surface area (Å²) in [5.74, 6) is -3.68. The number of carbonyl (C=O) groups excluding carboxylic acids is 1. The molecule has 242 valence electrons. The Morgan fingerprint density at radius 2 is 1.33 bits per heavy atom. The monoisotopic (exact) mass is 634 g/mol. The molecule has 1 heterocycles. The van der Waals surface area contributed by atoms with E-state index < -0.39 is 48.1 Å². The zero-order valence-corrected chi connectivity index (χ0v) is 25.4. The quantitative estimate of drug-likeness (QED) is 0.117. The van der Waals surface area contributed by atoms with Gasteiger partial charge in [-0.25, -0.2) is 13.6 Å². The predicted molar refractivity (Wildman–Crippen MR) is 167 cm³/mol. The molecule has 2 atom stereocenters. The van der Waals surface area contributed by atoms with Crippen molar-refractivity contribution < 1.29 is 43.6 Å². The summed E-state index contributed by atoms with van der Waals surface area (Å²) in [6, 6.07) is 17.1. The molecule has 9 nitrogen and oxygen atoms in total. The van der Waals surface area contributed by atoms with Gasteiger partial charge in [0.2, 0.25) is 0 Å². The van der Waals surface area contributed by atoms with Gasteiger partial charge in [0.15, 0.2) is 0 Å². The van der Waals surface area contributed by atoms with Gasteiger partial charge in [0, 0.05) is 29.4 Å². The molecule has 0 radical (unpaired) electrons. The highest BCUT2D eigenvalue weighted by Crippen LogP contribution is 2.42. The number of aliphatic hydroxyl groups is 2. The smallest absolute Gasteiger partial charge is 0.335 e. The van der Waals surface area contributed by atoms with E-state index in [1.807, 2.05) is 18.4 Å². The predicted octanol–water partition coefficient (Wildman–Crippen LogP) is 5.83. The minimum Gasteiger partial charge on any atom is -0.481 e. The summed E-state index contributed by atoms with van der Waals surface area (Å²) in [4.78, 5) is 36.4. The highest BCUT2D eigenvalue weighted by molar-refractivity contribution is 6.05. The second-order valence-corrected chi connectivity index (χ2v) is 11.4. The maximum absolute atomic E-state index is 14.1. The number of amides is 1. The van der Waals surface area contributed by atoms with Crippen molar-refractivity contribution in [3.05, 3.63) is 107 Å². The molecule has 0 bridgehead atoms. The number of aromatic nitrogens is 1. The normalized spacial score (nSPS) is 12.6. The number of aliphatic hydroxyl groups excluding tert-OH is 2. The molecular weight excluding hydrogens is 598 g/mol. The number of benzene rings is 3. The molecule has 46 heavy (non-hydrogen) atoms. The molecule has 0 fully saturated rings. The number of aromatic carboxylic acids is 1. The fourth-order valence-electron chi connectivity index (χ4n) is 5.55. The van der Waals surface area contributed by atoms with E-state index in [1.165, 1.54) is 36.4 Å². The number of halogens is 2. The Hall–Kier alpha value is -4.87. The van der Waals surface area contributed by atoms with Gasteiger partial charge in [0.1, 0.15) is 17.3 Å². The molecule has 0 aliphatic heterocycles. The Labute approximate surface area is 264 Å². The van der Waals surface area contributed by atoms with Crippen molar-refractivity contribution in [2.45, 2.75) is 64.3 Å². The summed E-state index contributed by atoms with van der Waals surface area (Å²) in [5.41, 5.74) is 3.79. The van der Waals surface area contributed by atoms with Gasteiger partial charge < -0.3 is 30.3 Å². The van der Waals surface area contributed by atoms with Crippen molar-refractivity contribution in [2.75, 3.05) is 0 Å². The Morgan fingerprint density at radius 3 is 1.83 bits per heavy atom.